The predicted molar refractivity (Wildman–Crippen MR) is 155 cm³/mol. The molecule has 1 N–H and O–H groups in total. The Bertz CT molecular complexity index is 1570. The fourth-order valence-electron chi connectivity index (χ4n) is 4.69. The van der Waals surface area contributed by atoms with E-state index in [4.69, 9.17) is 40.1 Å². The maximum Gasteiger partial charge on any atom is 0.326 e. The normalized spacial score (nSPS) is 13.2. The summed E-state index contributed by atoms with van der Waals surface area (Å²) in [6, 6.07) is 16.4. The van der Waals surface area contributed by atoms with Crippen molar-refractivity contribution in [3.8, 4) is 6.07 Å². The van der Waals surface area contributed by atoms with Crippen LogP contribution in [0.3, 0.4) is 0 Å². The van der Waals surface area contributed by atoms with Crippen LogP contribution in [0.2, 0.25) is 15.2 Å². The molecule has 0 fully saturated rings. The molecule has 6 nitrogen and oxygen atoms in total. The van der Waals surface area contributed by atoms with Crippen LogP contribution >= 0.6 is 47.2 Å². The number of nitrogens with zero attached hydrogens (tertiary/aromatic N) is 4. The van der Waals surface area contributed by atoms with Gasteiger partial charge in [0.25, 0.3) is 0 Å². The minimum absolute atomic E-state index is 0. The summed E-state index contributed by atoms with van der Waals surface area (Å²) < 4.78 is 1.77. The van der Waals surface area contributed by atoms with Crippen molar-refractivity contribution in [2.75, 3.05) is 13.1 Å². The third-order valence-corrected chi connectivity index (χ3v) is 7.01. The standard InChI is InChI=1S/C28H22Cl3N5O.ClH/c29-21-3-4-25-23(14-21)24-17-35(8-1-2-18-10-20(15-32)12-22(30)11-18)9-6-26(24)36(25)28(37)34-16-19-5-7-33-27(31)13-19;/h1-5,7,10-14H,6,8-9,16-17H2,(H,34,37);1H/b2-1+;. The number of aromatic nitrogens is 2. The number of hydrogen-bond acceptors (Lipinski definition) is 4. The van der Waals surface area contributed by atoms with E-state index in [0.29, 0.717) is 33.9 Å². The molecule has 0 spiro atoms. The number of carbonyl (C=O) groups excluding carboxylic acids is 1. The van der Waals surface area contributed by atoms with Gasteiger partial charge in [0, 0.05) is 59.9 Å². The molecular formula is C28H23Cl4N5O. The van der Waals surface area contributed by atoms with E-state index in [0.717, 1.165) is 52.8 Å². The zero-order chi connectivity index (χ0) is 25.9. The van der Waals surface area contributed by atoms with Crippen molar-refractivity contribution in [3.63, 3.8) is 0 Å². The maximum absolute atomic E-state index is 13.3. The molecule has 3 heterocycles. The van der Waals surface area contributed by atoms with Gasteiger partial charge < -0.3 is 5.32 Å². The number of nitrogens with one attached hydrogen (secondary N) is 1. The molecule has 0 saturated heterocycles. The molecule has 2 aromatic carbocycles. The minimum atomic E-state index is -0.191. The Hall–Kier alpha value is -3.05. The molecule has 0 radical (unpaired) electrons. The van der Waals surface area contributed by atoms with Gasteiger partial charge in [0.1, 0.15) is 5.15 Å². The van der Waals surface area contributed by atoms with Crippen molar-refractivity contribution in [3.05, 3.63) is 104 Å². The molecule has 0 bridgehead atoms. The van der Waals surface area contributed by atoms with Gasteiger partial charge in [0.15, 0.2) is 0 Å². The lowest BCUT2D eigenvalue weighted by atomic mass is 10.0. The van der Waals surface area contributed by atoms with Crippen molar-refractivity contribution in [2.24, 2.45) is 0 Å². The summed E-state index contributed by atoms with van der Waals surface area (Å²) in [7, 11) is 0. The summed E-state index contributed by atoms with van der Waals surface area (Å²) in [5.41, 5.74) is 5.23. The Kier molecular flexibility index (Phi) is 8.99. The number of halogens is 4. The second-order valence-electron chi connectivity index (χ2n) is 8.84. The molecular weight excluding hydrogens is 564 g/mol. The monoisotopic (exact) mass is 585 g/mol. The van der Waals surface area contributed by atoms with E-state index >= 15 is 0 Å². The van der Waals surface area contributed by atoms with Crippen molar-refractivity contribution < 1.29 is 4.79 Å². The summed E-state index contributed by atoms with van der Waals surface area (Å²) in [5, 5.41) is 14.7. The molecule has 4 aromatic rings. The van der Waals surface area contributed by atoms with E-state index in [1.807, 2.05) is 42.5 Å². The van der Waals surface area contributed by atoms with E-state index < -0.39 is 0 Å². The molecule has 194 valence electrons. The van der Waals surface area contributed by atoms with Crippen LogP contribution < -0.4 is 5.32 Å². The van der Waals surface area contributed by atoms with Crippen molar-refractivity contribution in [1.82, 2.24) is 19.8 Å². The highest BCUT2D eigenvalue weighted by Crippen LogP contribution is 2.33. The molecule has 1 aliphatic heterocycles. The number of amides is 1. The number of pyridine rings is 1. The number of fused-ring (bicyclic) bond motifs is 3. The largest absolute Gasteiger partial charge is 0.333 e. The molecule has 10 heteroatoms. The zero-order valence-electron chi connectivity index (χ0n) is 20.1. The Balaban J connectivity index is 0.00000336. The molecule has 1 aliphatic rings. The molecule has 0 atom stereocenters. The third kappa shape index (κ3) is 6.15. The van der Waals surface area contributed by atoms with Gasteiger partial charge in [0.05, 0.1) is 17.1 Å². The van der Waals surface area contributed by atoms with Gasteiger partial charge in [0.2, 0.25) is 0 Å². The Labute approximate surface area is 241 Å². The average molecular weight is 587 g/mol. The quantitative estimate of drug-likeness (QED) is 0.253. The van der Waals surface area contributed by atoms with Crippen molar-refractivity contribution in [1.29, 1.82) is 5.26 Å². The maximum atomic E-state index is 13.3. The first-order chi connectivity index (χ1) is 17.9. The Morgan fingerprint density at radius 1 is 1.11 bits per heavy atom. The summed E-state index contributed by atoms with van der Waals surface area (Å²) in [6.45, 7) is 2.55. The summed E-state index contributed by atoms with van der Waals surface area (Å²) >= 11 is 18.5. The van der Waals surface area contributed by atoms with E-state index in [1.54, 1.807) is 22.9 Å². The molecule has 0 saturated carbocycles. The smallest absolute Gasteiger partial charge is 0.326 e. The van der Waals surface area contributed by atoms with Crippen LogP contribution in [-0.4, -0.2) is 33.6 Å². The minimum Gasteiger partial charge on any atom is -0.333 e. The molecule has 2 aromatic heterocycles. The molecule has 0 unspecified atom stereocenters. The van der Waals surface area contributed by atoms with Gasteiger partial charge in [-0.2, -0.15) is 5.26 Å². The first kappa shape index (κ1) is 28.0. The van der Waals surface area contributed by atoms with Crippen molar-refractivity contribution in [2.45, 2.75) is 19.5 Å². The van der Waals surface area contributed by atoms with Crippen LogP contribution in [0.1, 0.15) is 27.9 Å². The fourth-order valence-corrected chi connectivity index (χ4v) is 5.31. The van der Waals surface area contributed by atoms with Crippen LogP contribution in [0, 0.1) is 11.3 Å². The zero-order valence-corrected chi connectivity index (χ0v) is 23.2. The van der Waals surface area contributed by atoms with Crippen LogP contribution in [0.5, 0.6) is 0 Å². The van der Waals surface area contributed by atoms with E-state index in [2.05, 4.69) is 27.3 Å². The lowest BCUT2D eigenvalue weighted by Gasteiger charge is -2.27. The van der Waals surface area contributed by atoms with Crippen molar-refractivity contribution >= 4 is 70.2 Å². The lowest BCUT2D eigenvalue weighted by molar-refractivity contribution is 0.240. The lowest BCUT2D eigenvalue weighted by Crippen LogP contribution is -2.34. The predicted octanol–water partition coefficient (Wildman–Crippen LogP) is 7.12. The van der Waals surface area contributed by atoms with Crippen LogP contribution in [-0.2, 0) is 19.5 Å². The van der Waals surface area contributed by atoms with E-state index in [-0.39, 0.29) is 18.4 Å². The second kappa shape index (κ2) is 12.2. The summed E-state index contributed by atoms with van der Waals surface area (Å²) in [5.74, 6) is 0. The van der Waals surface area contributed by atoms with Crippen LogP contribution in [0.4, 0.5) is 4.79 Å². The first-order valence-electron chi connectivity index (χ1n) is 11.7. The van der Waals surface area contributed by atoms with Gasteiger partial charge in [-0.1, -0.05) is 47.0 Å². The Morgan fingerprint density at radius 3 is 2.74 bits per heavy atom. The van der Waals surface area contributed by atoms with Crippen LogP contribution in [0.15, 0.2) is 60.8 Å². The van der Waals surface area contributed by atoms with Gasteiger partial charge in [-0.3, -0.25) is 9.47 Å². The first-order valence-corrected chi connectivity index (χ1v) is 12.8. The van der Waals surface area contributed by atoms with Crippen LogP contribution in [0.25, 0.3) is 17.0 Å². The molecule has 5 rings (SSSR count). The highest BCUT2D eigenvalue weighted by molar-refractivity contribution is 6.31. The van der Waals surface area contributed by atoms with Gasteiger partial charge in [-0.25, -0.2) is 9.78 Å². The SMILES string of the molecule is Cl.N#Cc1cc(Cl)cc(/C=C/CN2CCc3c(c4cc(Cl)ccc4n3C(=O)NCc3ccnc(Cl)c3)C2)c1. The highest BCUT2D eigenvalue weighted by Gasteiger charge is 2.26. The fraction of sp³-hybridized carbons (Fsp3) is 0.179. The molecule has 1 amide bonds. The number of carbonyl (C=O) groups is 1. The van der Waals surface area contributed by atoms with E-state index in [1.165, 1.54) is 0 Å². The molecule has 38 heavy (non-hydrogen) atoms. The molecule has 0 aliphatic carbocycles. The summed E-state index contributed by atoms with van der Waals surface area (Å²) in [4.78, 5) is 19.6. The topological polar surface area (TPSA) is 74.0 Å². The summed E-state index contributed by atoms with van der Waals surface area (Å²) in [6.07, 6.45) is 6.38. The Morgan fingerprint density at radius 2 is 1.95 bits per heavy atom. The second-order valence-corrected chi connectivity index (χ2v) is 10.1. The number of rotatable bonds is 5. The number of nitriles is 1. The number of benzene rings is 2. The van der Waals surface area contributed by atoms with E-state index in [9.17, 15) is 4.79 Å². The van der Waals surface area contributed by atoms with Gasteiger partial charge >= 0.3 is 6.03 Å². The van der Waals surface area contributed by atoms with Gasteiger partial charge in [-0.05, 0) is 65.2 Å². The highest BCUT2D eigenvalue weighted by atomic mass is 35.5. The number of hydrogen-bond donors (Lipinski definition) is 1. The average Bonchev–Trinajstić information content (AvgIpc) is 3.20. The van der Waals surface area contributed by atoms with Gasteiger partial charge in [-0.15, -0.1) is 12.4 Å². The third-order valence-electron chi connectivity index (χ3n) is 6.35.